The zero-order valence-electron chi connectivity index (χ0n) is 16.7. The van der Waals surface area contributed by atoms with E-state index < -0.39 is 11.7 Å². The summed E-state index contributed by atoms with van der Waals surface area (Å²) in [6, 6.07) is 4.94. The van der Waals surface area contributed by atoms with E-state index in [4.69, 9.17) is 0 Å². The van der Waals surface area contributed by atoms with Gasteiger partial charge in [0, 0.05) is 32.9 Å². The smallest absolute Gasteiger partial charge is 0.356 e. The van der Waals surface area contributed by atoms with Gasteiger partial charge >= 0.3 is 6.18 Å². The fraction of sp³-hybridized carbons (Fsp3) is 0.421. The summed E-state index contributed by atoms with van der Waals surface area (Å²) >= 11 is 0. The molecule has 0 saturated carbocycles. The number of aliphatic imine (C=N–C) groups is 1. The topological polar surface area (TPSA) is 65.8 Å². The molecule has 1 N–H and O–H groups in total. The number of nitrogens with zero attached hydrogens (tertiary/aromatic N) is 5. The van der Waals surface area contributed by atoms with Gasteiger partial charge in [-0.25, -0.2) is 4.99 Å². The van der Waals surface area contributed by atoms with E-state index in [1.165, 1.54) is 12.1 Å². The predicted molar refractivity (Wildman–Crippen MR) is 119 cm³/mol. The van der Waals surface area contributed by atoms with Gasteiger partial charge in [0.2, 0.25) is 5.91 Å². The number of rotatable bonds is 4. The molecule has 3 rings (SSSR count). The highest BCUT2D eigenvalue weighted by Gasteiger charge is 2.30. The van der Waals surface area contributed by atoms with Crippen LogP contribution in [-0.4, -0.2) is 52.7 Å². The van der Waals surface area contributed by atoms with E-state index in [0.717, 1.165) is 17.8 Å². The summed E-state index contributed by atoms with van der Waals surface area (Å²) in [6.07, 6.45) is -0.917. The number of aromatic nitrogens is 2. The molecule has 1 saturated heterocycles. The number of anilines is 1. The van der Waals surface area contributed by atoms with Gasteiger partial charge in [-0.05, 0) is 24.6 Å². The van der Waals surface area contributed by atoms with Crippen LogP contribution in [0.25, 0.3) is 0 Å². The highest BCUT2D eigenvalue weighted by atomic mass is 127. The van der Waals surface area contributed by atoms with Crippen LogP contribution in [-0.2, 0) is 24.6 Å². The number of piperazine rings is 1. The zero-order valence-corrected chi connectivity index (χ0v) is 19.0. The van der Waals surface area contributed by atoms with Crippen molar-refractivity contribution in [2.75, 3.05) is 31.1 Å². The average molecular weight is 536 g/mol. The monoisotopic (exact) mass is 536 g/mol. The molecule has 1 aromatic heterocycles. The summed E-state index contributed by atoms with van der Waals surface area (Å²) < 4.78 is 39.7. The Morgan fingerprint density at radius 3 is 2.47 bits per heavy atom. The largest absolute Gasteiger partial charge is 0.416 e. The summed E-state index contributed by atoms with van der Waals surface area (Å²) in [5, 5.41) is 7.24. The lowest BCUT2D eigenvalue weighted by atomic mass is 10.1. The van der Waals surface area contributed by atoms with Crippen LogP contribution < -0.4 is 10.2 Å². The van der Waals surface area contributed by atoms with Crippen molar-refractivity contribution in [1.82, 2.24) is 20.0 Å². The third-order valence-corrected chi connectivity index (χ3v) is 4.55. The molecule has 2 aromatic rings. The maximum absolute atomic E-state index is 12.7. The summed E-state index contributed by atoms with van der Waals surface area (Å²) in [4.78, 5) is 20.6. The molecule has 164 valence electrons. The van der Waals surface area contributed by atoms with Crippen LogP contribution in [0.3, 0.4) is 0 Å². The normalized spacial score (nSPS) is 15.2. The maximum Gasteiger partial charge on any atom is 0.416 e. The molecular formula is C19H24F3IN6O. The van der Waals surface area contributed by atoms with Crippen molar-refractivity contribution < 1.29 is 18.0 Å². The number of nitrogens with one attached hydrogen (secondary N) is 1. The maximum atomic E-state index is 12.7. The minimum atomic E-state index is -4.36. The Hall–Kier alpha value is -2.31. The summed E-state index contributed by atoms with van der Waals surface area (Å²) in [7, 11) is 1.79. The number of halogens is 4. The van der Waals surface area contributed by atoms with E-state index in [9.17, 15) is 18.0 Å². The molecule has 30 heavy (non-hydrogen) atoms. The third-order valence-electron chi connectivity index (χ3n) is 4.55. The molecule has 0 bridgehead atoms. The molecule has 1 amide bonds. The second kappa shape index (κ2) is 10.1. The second-order valence-corrected chi connectivity index (χ2v) is 6.70. The number of alkyl halides is 3. The van der Waals surface area contributed by atoms with Gasteiger partial charge in [0.05, 0.1) is 24.0 Å². The molecule has 0 atom stereocenters. The van der Waals surface area contributed by atoms with Gasteiger partial charge in [-0.3, -0.25) is 9.48 Å². The van der Waals surface area contributed by atoms with E-state index in [2.05, 4.69) is 15.4 Å². The van der Waals surface area contributed by atoms with Gasteiger partial charge in [-0.15, -0.1) is 24.0 Å². The number of hydrogen-bond donors (Lipinski definition) is 1. The molecule has 1 aliphatic heterocycles. The van der Waals surface area contributed by atoms with Gasteiger partial charge in [0.15, 0.2) is 5.96 Å². The van der Waals surface area contributed by atoms with Gasteiger partial charge in [0.25, 0.3) is 0 Å². The first kappa shape index (κ1) is 24.0. The molecule has 11 heteroatoms. The van der Waals surface area contributed by atoms with Crippen molar-refractivity contribution in [1.29, 1.82) is 0 Å². The van der Waals surface area contributed by atoms with E-state index in [1.807, 2.05) is 11.8 Å². The average Bonchev–Trinajstić information content (AvgIpc) is 3.10. The summed E-state index contributed by atoms with van der Waals surface area (Å²) in [5.41, 5.74) is 0.729. The Bertz CT molecular complexity index is 881. The first-order chi connectivity index (χ1) is 13.8. The van der Waals surface area contributed by atoms with Crippen molar-refractivity contribution in [3.8, 4) is 0 Å². The highest BCUT2D eigenvalue weighted by molar-refractivity contribution is 14.0. The Kier molecular flexibility index (Phi) is 8.10. The summed E-state index contributed by atoms with van der Waals surface area (Å²) in [5.74, 6) is 0.496. The molecule has 1 aliphatic rings. The van der Waals surface area contributed by atoms with E-state index in [0.29, 0.717) is 31.2 Å². The lowest BCUT2D eigenvalue weighted by Crippen LogP contribution is -2.55. The molecule has 1 aromatic carbocycles. The van der Waals surface area contributed by atoms with E-state index >= 15 is 0 Å². The molecule has 2 heterocycles. The molecule has 0 aliphatic carbocycles. The van der Waals surface area contributed by atoms with Gasteiger partial charge in [-0.2, -0.15) is 18.3 Å². The van der Waals surface area contributed by atoms with Crippen molar-refractivity contribution >= 4 is 41.5 Å². The quantitative estimate of drug-likeness (QED) is 0.371. The molecule has 1 fully saturated rings. The van der Waals surface area contributed by atoms with Crippen LogP contribution in [0.15, 0.2) is 41.7 Å². The number of guanidine groups is 1. The highest BCUT2D eigenvalue weighted by Crippen LogP contribution is 2.29. The standard InChI is InChI=1S/C19H23F3N6O.HI/c1-3-23-18(24-10-14-4-6-15(7-5-14)19(20,21)22)27-8-9-28(17(29)13-27)16-11-25-26(2)12-16;/h4-7,11-12H,3,8-10,13H2,1-2H3,(H,23,24);1H. The number of hydrogen-bond acceptors (Lipinski definition) is 3. The van der Waals surface area contributed by atoms with Crippen LogP contribution in [0.4, 0.5) is 18.9 Å². The Balaban J connectivity index is 0.00000320. The molecule has 7 nitrogen and oxygen atoms in total. The minimum Gasteiger partial charge on any atom is -0.356 e. The van der Waals surface area contributed by atoms with Crippen molar-refractivity contribution in [2.45, 2.75) is 19.6 Å². The Morgan fingerprint density at radius 2 is 1.93 bits per heavy atom. The first-order valence-corrected chi connectivity index (χ1v) is 9.26. The predicted octanol–water partition coefficient (Wildman–Crippen LogP) is 2.87. The van der Waals surface area contributed by atoms with Gasteiger partial charge < -0.3 is 15.1 Å². The van der Waals surface area contributed by atoms with Crippen LogP contribution in [0.2, 0.25) is 0 Å². The summed E-state index contributed by atoms with van der Waals surface area (Å²) in [6.45, 7) is 3.99. The lowest BCUT2D eigenvalue weighted by Gasteiger charge is -2.35. The molecule has 0 spiro atoms. The fourth-order valence-electron chi connectivity index (χ4n) is 3.07. The van der Waals surface area contributed by atoms with Crippen LogP contribution in [0.1, 0.15) is 18.1 Å². The number of benzene rings is 1. The Morgan fingerprint density at radius 1 is 1.23 bits per heavy atom. The van der Waals surface area contributed by atoms with E-state index in [1.54, 1.807) is 29.0 Å². The van der Waals surface area contributed by atoms with E-state index in [-0.39, 0.29) is 43.0 Å². The van der Waals surface area contributed by atoms with Crippen molar-refractivity contribution in [3.05, 3.63) is 47.8 Å². The SMILES string of the molecule is CCNC(=NCc1ccc(C(F)(F)F)cc1)N1CCN(c2cnn(C)c2)C(=O)C1.I. The first-order valence-electron chi connectivity index (χ1n) is 9.26. The van der Waals surface area contributed by atoms with Crippen LogP contribution in [0.5, 0.6) is 0 Å². The number of aryl methyl sites for hydroxylation is 1. The van der Waals surface area contributed by atoms with Crippen LogP contribution >= 0.6 is 24.0 Å². The van der Waals surface area contributed by atoms with Gasteiger partial charge in [0.1, 0.15) is 6.54 Å². The fourth-order valence-corrected chi connectivity index (χ4v) is 3.07. The third kappa shape index (κ3) is 5.86. The molecular weight excluding hydrogens is 512 g/mol. The van der Waals surface area contributed by atoms with Crippen molar-refractivity contribution in [3.63, 3.8) is 0 Å². The Labute approximate surface area is 190 Å². The second-order valence-electron chi connectivity index (χ2n) is 6.70. The number of amides is 1. The van der Waals surface area contributed by atoms with Crippen LogP contribution in [0, 0.1) is 0 Å². The minimum absolute atomic E-state index is 0. The molecule has 0 radical (unpaired) electrons. The number of carbonyl (C=O) groups is 1. The van der Waals surface area contributed by atoms with Crippen molar-refractivity contribution in [2.24, 2.45) is 12.0 Å². The lowest BCUT2D eigenvalue weighted by molar-refractivity contribution is -0.137. The number of carbonyl (C=O) groups excluding carboxylic acids is 1. The van der Waals surface area contributed by atoms with Gasteiger partial charge in [-0.1, -0.05) is 12.1 Å². The zero-order chi connectivity index (χ0) is 21.0. The molecule has 0 unspecified atom stereocenters.